The molecule has 2 rings (SSSR count). The quantitative estimate of drug-likeness (QED) is 0.633. The van der Waals surface area contributed by atoms with E-state index in [2.05, 4.69) is 6.92 Å². The fourth-order valence-corrected chi connectivity index (χ4v) is 2.83. The summed E-state index contributed by atoms with van der Waals surface area (Å²) >= 11 is 0. The number of carbonyl (C=O) groups is 2. The van der Waals surface area contributed by atoms with Gasteiger partial charge >= 0.3 is 5.97 Å². The number of fused-ring (bicyclic) bond motifs is 1. The van der Waals surface area contributed by atoms with Crippen LogP contribution in [0.3, 0.4) is 0 Å². The van der Waals surface area contributed by atoms with Crippen molar-refractivity contribution >= 4 is 11.8 Å². The maximum atomic E-state index is 11.9. The Kier molecular flexibility index (Phi) is 2.33. The van der Waals surface area contributed by atoms with E-state index in [1.54, 1.807) is 0 Å². The number of esters is 1. The summed E-state index contributed by atoms with van der Waals surface area (Å²) < 4.78 is 5.23. The molecule has 0 unspecified atom stereocenters. The molecule has 1 heterocycles. The number of hydrogen-bond donors (Lipinski definition) is 0. The van der Waals surface area contributed by atoms with Crippen molar-refractivity contribution in [2.75, 3.05) is 0 Å². The lowest BCUT2D eigenvalue weighted by atomic mass is 9.67. The fourth-order valence-electron chi connectivity index (χ4n) is 2.83. The summed E-state index contributed by atoms with van der Waals surface area (Å²) in [5.41, 5.74) is -0.440. The number of hydrogen-bond acceptors (Lipinski definition) is 3. The standard InChI is InChI=1S/C11H16O3/c1-2-6-11-7-10(13)14-9(11)5-3-4-8(11)12/h9H,2-7H2,1H3/t9-,11-/m0/s1. The van der Waals surface area contributed by atoms with Gasteiger partial charge in [-0.05, 0) is 19.3 Å². The van der Waals surface area contributed by atoms with Gasteiger partial charge in [0.15, 0.2) is 0 Å². The molecule has 14 heavy (non-hydrogen) atoms. The molecule has 3 heteroatoms. The van der Waals surface area contributed by atoms with Crippen molar-refractivity contribution in [2.45, 2.75) is 51.6 Å². The van der Waals surface area contributed by atoms with E-state index in [0.29, 0.717) is 12.8 Å². The third-order valence-corrected chi connectivity index (χ3v) is 3.47. The van der Waals surface area contributed by atoms with Gasteiger partial charge < -0.3 is 4.74 Å². The average Bonchev–Trinajstić information content (AvgIpc) is 2.44. The van der Waals surface area contributed by atoms with Gasteiger partial charge in [-0.25, -0.2) is 0 Å². The van der Waals surface area contributed by atoms with Crippen LogP contribution in [0.25, 0.3) is 0 Å². The summed E-state index contributed by atoms with van der Waals surface area (Å²) in [6.45, 7) is 2.05. The predicted molar refractivity (Wildman–Crippen MR) is 50.7 cm³/mol. The van der Waals surface area contributed by atoms with Gasteiger partial charge in [0.25, 0.3) is 0 Å². The predicted octanol–water partition coefficient (Wildman–Crippen LogP) is 1.84. The molecule has 1 aliphatic carbocycles. The first-order chi connectivity index (χ1) is 6.69. The van der Waals surface area contributed by atoms with E-state index in [-0.39, 0.29) is 17.9 Å². The highest BCUT2D eigenvalue weighted by Crippen LogP contribution is 2.46. The molecule has 2 atom stereocenters. The first-order valence-electron chi connectivity index (χ1n) is 5.42. The van der Waals surface area contributed by atoms with Crippen LogP contribution in [-0.2, 0) is 14.3 Å². The summed E-state index contributed by atoms with van der Waals surface area (Å²) in [6, 6.07) is 0. The van der Waals surface area contributed by atoms with E-state index < -0.39 is 5.41 Å². The Bertz CT molecular complexity index is 272. The molecular formula is C11H16O3. The van der Waals surface area contributed by atoms with Crippen molar-refractivity contribution in [3.8, 4) is 0 Å². The van der Waals surface area contributed by atoms with Gasteiger partial charge in [0.05, 0.1) is 11.8 Å². The zero-order valence-electron chi connectivity index (χ0n) is 8.54. The molecule has 0 radical (unpaired) electrons. The Morgan fingerprint density at radius 2 is 2.29 bits per heavy atom. The third kappa shape index (κ3) is 1.26. The van der Waals surface area contributed by atoms with Crippen LogP contribution in [0.5, 0.6) is 0 Å². The van der Waals surface area contributed by atoms with Crippen molar-refractivity contribution in [3.05, 3.63) is 0 Å². The molecule has 1 saturated carbocycles. The van der Waals surface area contributed by atoms with Crippen LogP contribution in [0.15, 0.2) is 0 Å². The van der Waals surface area contributed by atoms with Gasteiger partial charge in [-0.15, -0.1) is 0 Å². The fraction of sp³-hybridized carbons (Fsp3) is 0.818. The number of ketones is 1. The minimum Gasteiger partial charge on any atom is -0.461 e. The third-order valence-electron chi connectivity index (χ3n) is 3.47. The van der Waals surface area contributed by atoms with E-state index in [4.69, 9.17) is 4.74 Å². The normalized spacial score (nSPS) is 36.8. The van der Waals surface area contributed by atoms with Gasteiger partial charge in [0.2, 0.25) is 0 Å². The molecule has 2 fully saturated rings. The Labute approximate surface area is 83.8 Å². The molecule has 0 aromatic heterocycles. The minimum atomic E-state index is -0.440. The van der Waals surface area contributed by atoms with Gasteiger partial charge in [0.1, 0.15) is 11.9 Å². The maximum Gasteiger partial charge on any atom is 0.307 e. The number of ether oxygens (including phenoxy) is 1. The van der Waals surface area contributed by atoms with E-state index in [0.717, 1.165) is 25.7 Å². The van der Waals surface area contributed by atoms with Crippen LogP contribution in [0, 0.1) is 5.41 Å². The molecule has 0 N–H and O–H groups in total. The van der Waals surface area contributed by atoms with Crippen molar-refractivity contribution in [3.63, 3.8) is 0 Å². The number of carbonyl (C=O) groups excluding carboxylic acids is 2. The topological polar surface area (TPSA) is 43.4 Å². The molecule has 78 valence electrons. The van der Waals surface area contributed by atoms with E-state index in [9.17, 15) is 9.59 Å². The van der Waals surface area contributed by atoms with Crippen molar-refractivity contribution in [1.29, 1.82) is 0 Å². The van der Waals surface area contributed by atoms with Crippen LogP contribution in [0.1, 0.15) is 45.4 Å². The van der Waals surface area contributed by atoms with Crippen molar-refractivity contribution < 1.29 is 14.3 Å². The molecule has 0 spiro atoms. The monoisotopic (exact) mass is 196 g/mol. The highest BCUT2D eigenvalue weighted by atomic mass is 16.6. The molecule has 0 amide bonds. The summed E-state index contributed by atoms with van der Waals surface area (Å²) in [7, 11) is 0. The van der Waals surface area contributed by atoms with Gasteiger partial charge in [-0.1, -0.05) is 13.3 Å². The maximum absolute atomic E-state index is 11.9. The van der Waals surface area contributed by atoms with Crippen LogP contribution in [-0.4, -0.2) is 17.9 Å². The molecule has 3 nitrogen and oxygen atoms in total. The lowest BCUT2D eigenvalue weighted by Crippen LogP contribution is -2.42. The molecule has 0 aromatic carbocycles. The van der Waals surface area contributed by atoms with Crippen LogP contribution < -0.4 is 0 Å². The second-order valence-corrected chi connectivity index (χ2v) is 4.38. The van der Waals surface area contributed by atoms with E-state index in [1.165, 1.54) is 0 Å². The van der Waals surface area contributed by atoms with Crippen molar-refractivity contribution in [1.82, 2.24) is 0 Å². The molecule has 0 aromatic rings. The van der Waals surface area contributed by atoms with Gasteiger partial charge in [-0.2, -0.15) is 0 Å². The average molecular weight is 196 g/mol. The molecule has 1 saturated heterocycles. The Morgan fingerprint density at radius 3 is 3.00 bits per heavy atom. The van der Waals surface area contributed by atoms with Crippen LogP contribution in [0.2, 0.25) is 0 Å². The highest BCUT2D eigenvalue weighted by Gasteiger charge is 2.54. The van der Waals surface area contributed by atoms with Crippen molar-refractivity contribution in [2.24, 2.45) is 5.41 Å². The molecule has 2 aliphatic rings. The Balaban J connectivity index is 2.27. The second-order valence-electron chi connectivity index (χ2n) is 4.38. The molecule has 1 aliphatic heterocycles. The Morgan fingerprint density at radius 1 is 1.50 bits per heavy atom. The first-order valence-corrected chi connectivity index (χ1v) is 5.42. The summed E-state index contributed by atoms with van der Waals surface area (Å²) in [4.78, 5) is 23.2. The summed E-state index contributed by atoms with van der Waals surface area (Å²) in [6.07, 6.45) is 4.34. The largest absolute Gasteiger partial charge is 0.461 e. The smallest absolute Gasteiger partial charge is 0.307 e. The van der Waals surface area contributed by atoms with Crippen LogP contribution in [0.4, 0.5) is 0 Å². The minimum absolute atomic E-state index is 0.115. The lowest BCUT2D eigenvalue weighted by molar-refractivity contribution is -0.144. The zero-order chi connectivity index (χ0) is 10.2. The number of rotatable bonds is 2. The zero-order valence-corrected chi connectivity index (χ0v) is 8.54. The summed E-state index contributed by atoms with van der Waals surface area (Å²) in [5, 5.41) is 0. The Hall–Kier alpha value is -0.860. The molecule has 0 bridgehead atoms. The van der Waals surface area contributed by atoms with Gasteiger partial charge in [0, 0.05) is 6.42 Å². The number of Topliss-reactive ketones (excluding diaryl/α,β-unsaturated/α-hetero) is 1. The molecular weight excluding hydrogens is 180 g/mol. The van der Waals surface area contributed by atoms with E-state index in [1.807, 2.05) is 0 Å². The second kappa shape index (κ2) is 3.37. The van der Waals surface area contributed by atoms with Gasteiger partial charge in [-0.3, -0.25) is 9.59 Å². The first kappa shape index (κ1) is 9.69. The van der Waals surface area contributed by atoms with E-state index >= 15 is 0 Å². The summed E-state index contributed by atoms with van der Waals surface area (Å²) in [5.74, 6) is 0.0696. The highest BCUT2D eigenvalue weighted by molar-refractivity contribution is 5.92. The lowest BCUT2D eigenvalue weighted by Gasteiger charge is -2.34. The van der Waals surface area contributed by atoms with Crippen LogP contribution >= 0.6 is 0 Å². The SMILES string of the molecule is CCC[C@@]12CC(=O)O[C@H]1CCCC2=O.